The fourth-order valence-corrected chi connectivity index (χ4v) is 3.62. The first-order chi connectivity index (χ1) is 14.4. The third-order valence-corrected chi connectivity index (χ3v) is 5.47. The molecule has 0 bridgehead atoms. The van der Waals surface area contributed by atoms with Crippen LogP contribution in [0.25, 0.3) is 0 Å². The summed E-state index contributed by atoms with van der Waals surface area (Å²) in [4.78, 5) is 13.7. The maximum Gasteiger partial charge on any atom is 0.213 e. The van der Waals surface area contributed by atoms with Gasteiger partial charge in [-0.3, -0.25) is 0 Å². The van der Waals surface area contributed by atoms with Gasteiger partial charge in [0.2, 0.25) is 5.89 Å². The number of aryl methyl sites for hydroxylation is 2. The molecule has 8 heteroatoms. The van der Waals surface area contributed by atoms with Gasteiger partial charge in [-0.2, -0.15) is 0 Å². The van der Waals surface area contributed by atoms with E-state index in [1.54, 1.807) is 17.5 Å². The molecule has 0 atom stereocenters. The molecule has 2 N–H and O–H groups in total. The Labute approximate surface area is 206 Å². The molecule has 3 rings (SSSR count). The van der Waals surface area contributed by atoms with E-state index >= 15 is 0 Å². The first-order valence-corrected chi connectivity index (χ1v) is 11.3. The van der Waals surface area contributed by atoms with E-state index in [1.807, 2.05) is 13.0 Å². The summed E-state index contributed by atoms with van der Waals surface area (Å²) >= 11 is 1.70. The Kier molecular flexibility index (Phi) is 9.95. The van der Waals surface area contributed by atoms with Gasteiger partial charge >= 0.3 is 0 Å². The Bertz CT molecular complexity index is 946. The molecule has 1 aromatic carbocycles. The molecule has 31 heavy (non-hydrogen) atoms. The lowest BCUT2D eigenvalue weighted by Gasteiger charge is -2.13. The molecule has 6 nitrogen and oxygen atoms in total. The van der Waals surface area contributed by atoms with Crippen molar-refractivity contribution >= 4 is 41.3 Å². The van der Waals surface area contributed by atoms with E-state index in [1.165, 1.54) is 5.56 Å². The van der Waals surface area contributed by atoms with Gasteiger partial charge in [-0.1, -0.05) is 51.1 Å². The van der Waals surface area contributed by atoms with Crippen LogP contribution in [0.5, 0.6) is 0 Å². The predicted molar refractivity (Wildman–Crippen MR) is 138 cm³/mol. The van der Waals surface area contributed by atoms with Gasteiger partial charge in [0.05, 0.1) is 30.0 Å². The van der Waals surface area contributed by atoms with Crippen molar-refractivity contribution in [1.82, 2.24) is 20.6 Å². The van der Waals surface area contributed by atoms with Crippen molar-refractivity contribution in [3.8, 4) is 0 Å². The minimum absolute atomic E-state index is 0. The molecule has 2 heterocycles. The summed E-state index contributed by atoms with van der Waals surface area (Å²) in [6.07, 6.45) is 3.76. The maximum absolute atomic E-state index is 5.84. The minimum atomic E-state index is -0.0489. The number of nitrogens with zero attached hydrogens (tertiary/aromatic N) is 3. The molecule has 0 unspecified atom stereocenters. The summed E-state index contributed by atoms with van der Waals surface area (Å²) < 4.78 is 5.84. The van der Waals surface area contributed by atoms with Crippen LogP contribution in [0.3, 0.4) is 0 Å². The van der Waals surface area contributed by atoms with Crippen molar-refractivity contribution in [2.24, 2.45) is 4.99 Å². The van der Waals surface area contributed by atoms with E-state index in [9.17, 15) is 0 Å². The Morgan fingerprint density at radius 2 is 1.90 bits per heavy atom. The molecule has 0 aliphatic heterocycles. The molecule has 0 radical (unpaired) electrons. The standard InChI is InChI=1S/C23H31N5OS.HI/c1-5-24-22(27-15-20-25-14-19(29-20)23(2,3)4)26-13-18-16-30-21(28-18)12-11-17-9-7-6-8-10-17;/h6-10,14,16H,5,11-13,15H2,1-4H3,(H2,24,26,27);1H. The van der Waals surface area contributed by atoms with Gasteiger partial charge in [0, 0.05) is 23.8 Å². The van der Waals surface area contributed by atoms with Gasteiger partial charge in [-0.05, 0) is 18.9 Å². The van der Waals surface area contributed by atoms with Crippen molar-refractivity contribution in [1.29, 1.82) is 0 Å². The van der Waals surface area contributed by atoms with Crippen molar-refractivity contribution in [2.75, 3.05) is 6.54 Å². The number of thiazole rings is 1. The monoisotopic (exact) mass is 553 g/mol. The first kappa shape index (κ1) is 25.3. The normalized spacial score (nSPS) is 11.8. The maximum atomic E-state index is 5.84. The lowest BCUT2D eigenvalue weighted by atomic mass is 9.94. The van der Waals surface area contributed by atoms with Gasteiger partial charge in [-0.15, -0.1) is 35.3 Å². The van der Waals surface area contributed by atoms with Gasteiger partial charge in [0.1, 0.15) is 5.76 Å². The molecule has 0 fully saturated rings. The highest BCUT2D eigenvalue weighted by atomic mass is 127. The summed E-state index contributed by atoms with van der Waals surface area (Å²) in [6, 6.07) is 10.5. The Hall–Kier alpha value is -1.94. The molecule has 0 spiro atoms. The Balaban J connectivity index is 0.00000341. The lowest BCUT2D eigenvalue weighted by molar-refractivity contribution is 0.379. The Morgan fingerprint density at radius 3 is 2.58 bits per heavy atom. The second kappa shape index (κ2) is 12.2. The molecule has 0 saturated carbocycles. The van der Waals surface area contributed by atoms with E-state index in [0.29, 0.717) is 19.0 Å². The van der Waals surface area contributed by atoms with Crippen LogP contribution in [-0.4, -0.2) is 22.5 Å². The smallest absolute Gasteiger partial charge is 0.213 e. The molecule has 0 aliphatic rings. The molecule has 0 saturated heterocycles. The van der Waals surface area contributed by atoms with Crippen LogP contribution in [0.1, 0.15) is 55.6 Å². The van der Waals surface area contributed by atoms with Crippen LogP contribution in [0, 0.1) is 0 Å². The molecule has 3 aromatic rings. The second-order valence-corrected chi connectivity index (χ2v) is 9.08. The van der Waals surface area contributed by atoms with Crippen molar-refractivity contribution in [2.45, 2.75) is 59.0 Å². The lowest BCUT2D eigenvalue weighted by Crippen LogP contribution is -2.36. The zero-order chi connectivity index (χ0) is 21.4. The minimum Gasteiger partial charge on any atom is -0.443 e. The number of hydrogen-bond acceptors (Lipinski definition) is 5. The zero-order valence-electron chi connectivity index (χ0n) is 18.6. The quantitative estimate of drug-likeness (QED) is 0.231. The first-order valence-electron chi connectivity index (χ1n) is 10.4. The molecular formula is C23H32IN5OS. The van der Waals surface area contributed by atoms with Crippen LogP contribution >= 0.6 is 35.3 Å². The average molecular weight is 554 g/mol. The third kappa shape index (κ3) is 8.25. The average Bonchev–Trinajstić information content (AvgIpc) is 3.39. The summed E-state index contributed by atoms with van der Waals surface area (Å²) in [6.45, 7) is 10.2. The van der Waals surface area contributed by atoms with Crippen LogP contribution in [0.4, 0.5) is 0 Å². The predicted octanol–water partition coefficient (Wildman–Crippen LogP) is 5.09. The van der Waals surface area contributed by atoms with Crippen molar-refractivity contribution in [3.63, 3.8) is 0 Å². The third-order valence-electron chi connectivity index (χ3n) is 4.51. The molecule has 2 aromatic heterocycles. The fraction of sp³-hybridized carbons (Fsp3) is 0.435. The topological polar surface area (TPSA) is 75.3 Å². The zero-order valence-corrected chi connectivity index (χ0v) is 21.8. The summed E-state index contributed by atoms with van der Waals surface area (Å²) in [5, 5.41) is 9.79. The molecule has 168 valence electrons. The van der Waals surface area contributed by atoms with Gasteiger partial charge in [0.15, 0.2) is 5.96 Å². The van der Waals surface area contributed by atoms with E-state index in [-0.39, 0.29) is 29.4 Å². The number of benzene rings is 1. The van der Waals surface area contributed by atoms with Gasteiger partial charge in [0.25, 0.3) is 0 Å². The number of halogens is 1. The van der Waals surface area contributed by atoms with E-state index in [0.717, 1.165) is 41.8 Å². The van der Waals surface area contributed by atoms with E-state index in [4.69, 9.17) is 9.40 Å². The Morgan fingerprint density at radius 1 is 1.13 bits per heavy atom. The molecule has 0 aliphatic carbocycles. The number of aliphatic imine (C=N–C) groups is 1. The fourth-order valence-electron chi connectivity index (χ4n) is 2.83. The number of nitrogens with one attached hydrogen (secondary N) is 2. The summed E-state index contributed by atoms with van der Waals surface area (Å²) in [5.74, 6) is 2.26. The van der Waals surface area contributed by atoms with Gasteiger partial charge < -0.3 is 15.1 Å². The SMILES string of the molecule is CCNC(=NCc1csc(CCc2ccccc2)n1)NCc1ncc(C(C)(C)C)o1.I. The van der Waals surface area contributed by atoms with Crippen LogP contribution in [0.2, 0.25) is 0 Å². The van der Waals surface area contributed by atoms with Crippen molar-refractivity contribution in [3.05, 3.63) is 69.8 Å². The van der Waals surface area contributed by atoms with E-state index in [2.05, 4.69) is 71.0 Å². The highest BCUT2D eigenvalue weighted by molar-refractivity contribution is 14.0. The highest BCUT2D eigenvalue weighted by Crippen LogP contribution is 2.22. The highest BCUT2D eigenvalue weighted by Gasteiger charge is 2.19. The summed E-state index contributed by atoms with van der Waals surface area (Å²) in [5.41, 5.74) is 2.28. The number of rotatable bonds is 8. The second-order valence-electron chi connectivity index (χ2n) is 8.14. The van der Waals surface area contributed by atoms with Crippen LogP contribution < -0.4 is 10.6 Å². The number of oxazole rings is 1. The van der Waals surface area contributed by atoms with E-state index < -0.39 is 0 Å². The van der Waals surface area contributed by atoms with Crippen molar-refractivity contribution < 1.29 is 4.42 Å². The molecule has 0 amide bonds. The summed E-state index contributed by atoms with van der Waals surface area (Å²) in [7, 11) is 0. The van der Waals surface area contributed by atoms with Crippen LogP contribution in [-0.2, 0) is 31.3 Å². The van der Waals surface area contributed by atoms with Crippen LogP contribution in [0.15, 0.2) is 51.3 Å². The number of hydrogen-bond donors (Lipinski definition) is 2. The number of guanidine groups is 1. The molecular weight excluding hydrogens is 521 g/mol. The van der Waals surface area contributed by atoms with Gasteiger partial charge in [-0.25, -0.2) is 15.0 Å². The largest absolute Gasteiger partial charge is 0.443 e. The number of aromatic nitrogens is 2.